The second kappa shape index (κ2) is 9.51. The first-order chi connectivity index (χ1) is 18.0. The standard InChI is InChI=1S/C27H30N6O4/c1-17-6-2-3-11-28-24(34)18-7-4-8-19(14-18)25(35)30-26-29-21-9-5-10-22(23(21)33(17)26)32-13-12-31(27(32)36)20-15-37-16-20/h4-5,7-10,14,17,20H,2-3,6,11-13,15-16H2,1H3,(H,28,34)(H,29,30,35)/t17-/m0/s1. The Bertz CT molecular complexity index is 1380. The minimum atomic E-state index is -0.342. The molecule has 3 aliphatic rings. The van der Waals surface area contributed by atoms with Crippen LogP contribution in [0.2, 0.25) is 0 Å². The number of fused-ring (bicyclic) bond motifs is 5. The molecule has 0 saturated carbocycles. The molecule has 3 aliphatic heterocycles. The van der Waals surface area contributed by atoms with Crippen LogP contribution in [-0.4, -0.2) is 71.2 Å². The average Bonchev–Trinajstić information content (AvgIpc) is 3.42. The molecule has 0 radical (unpaired) electrons. The van der Waals surface area contributed by atoms with Gasteiger partial charge < -0.3 is 19.5 Å². The molecule has 37 heavy (non-hydrogen) atoms. The maximum absolute atomic E-state index is 13.4. The van der Waals surface area contributed by atoms with Gasteiger partial charge in [-0.1, -0.05) is 12.1 Å². The van der Waals surface area contributed by atoms with Crippen LogP contribution in [0, 0.1) is 0 Å². The van der Waals surface area contributed by atoms with Crippen molar-refractivity contribution in [1.82, 2.24) is 19.8 Å². The van der Waals surface area contributed by atoms with Crippen molar-refractivity contribution >= 4 is 40.5 Å². The minimum Gasteiger partial charge on any atom is -0.377 e. The molecule has 0 spiro atoms. The predicted octanol–water partition coefficient (Wildman–Crippen LogP) is 3.40. The largest absolute Gasteiger partial charge is 0.377 e. The zero-order chi connectivity index (χ0) is 25.5. The average molecular weight is 503 g/mol. The summed E-state index contributed by atoms with van der Waals surface area (Å²) >= 11 is 0. The number of nitrogens with one attached hydrogen (secondary N) is 2. The van der Waals surface area contributed by atoms with E-state index in [1.165, 1.54) is 0 Å². The minimum absolute atomic E-state index is 0.000247. The Hall–Kier alpha value is -3.92. The lowest BCUT2D eigenvalue weighted by molar-refractivity contribution is -0.0433. The summed E-state index contributed by atoms with van der Waals surface area (Å²) in [5.74, 6) is -0.0948. The van der Waals surface area contributed by atoms with Crippen molar-refractivity contribution in [3.63, 3.8) is 0 Å². The quantitative estimate of drug-likeness (QED) is 0.558. The molecule has 0 aliphatic carbocycles. The Balaban J connectivity index is 1.42. The molecule has 10 heteroatoms. The second-order valence-electron chi connectivity index (χ2n) is 9.90. The topological polar surface area (TPSA) is 109 Å². The van der Waals surface area contributed by atoms with Gasteiger partial charge in [0.15, 0.2) is 0 Å². The third-order valence-corrected chi connectivity index (χ3v) is 7.47. The van der Waals surface area contributed by atoms with Gasteiger partial charge in [-0.05, 0) is 56.5 Å². The van der Waals surface area contributed by atoms with Gasteiger partial charge in [0.25, 0.3) is 11.8 Å². The number of ether oxygens (including phenoxy) is 1. The SMILES string of the molecule is C[C@H]1CCCCNC(=O)c2cccc(c2)C(=O)Nc2nc3cccc(N4CCN(C5COC5)C4=O)c3n21. The first kappa shape index (κ1) is 23.5. The Labute approximate surface area is 214 Å². The summed E-state index contributed by atoms with van der Waals surface area (Å²) in [5.41, 5.74) is 3.17. The van der Waals surface area contributed by atoms with Gasteiger partial charge in [-0.15, -0.1) is 0 Å². The Morgan fingerprint density at radius 3 is 2.54 bits per heavy atom. The molecule has 4 amide bonds. The lowest BCUT2D eigenvalue weighted by Gasteiger charge is -2.34. The number of hydrogen-bond donors (Lipinski definition) is 2. The van der Waals surface area contributed by atoms with Crippen LogP contribution in [0.15, 0.2) is 42.5 Å². The summed E-state index contributed by atoms with van der Waals surface area (Å²) < 4.78 is 7.36. The van der Waals surface area contributed by atoms with Crippen LogP contribution in [0.3, 0.4) is 0 Å². The molecule has 1 atom stereocenters. The molecule has 3 aromatic rings. The van der Waals surface area contributed by atoms with Gasteiger partial charge in [-0.3, -0.25) is 19.8 Å². The number of benzene rings is 2. The number of anilines is 2. The van der Waals surface area contributed by atoms with Crippen molar-refractivity contribution < 1.29 is 19.1 Å². The number of para-hydroxylation sites is 1. The van der Waals surface area contributed by atoms with Crippen molar-refractivity contribution in [3.8, 4) is 0 Å². The Morgan fingerprint density at radius 2 is 1.76 bits per heavy atom. The maximum Gasteiger partial charge on any atom is 0.325 e. The van der Waals surface area contributed by atoms with E-state index < -0.39 is 0 Å². The number of imidazole rings is 1. The number of amides is 4. The van der Waals surface area contributed by atoms with E-state index in [0.717, 1.165) is 30.5 Å². The van der Waals surface area contributed by atoms with Crippen molar-refractivity contribution in [3.05, 3.63) is 53.6 Å². The summed E-state index contributed by atoms with van der Waals surface area (Å²) in [4.78, 5) is 47.7. The van der Waals surface area contributed by atoms with Crippen molar-refractivity contribution in [2.24, 2.45) is 0 Å². The van der Waals surface area contributed by atoms with Gasteiger partial charge >= 0.3 is 6.03 Å². The summed E-state index contributed by atoms with van der Waals surface area (Å²) in [5, 5.41) is 5.93. The highest BCUT2D eigenvalue weighted by molar-refractivity contribution is 6.07. The van der Waals surface area contributed by atoms with Crippen LogP contribution >= 0.6 is 0 Å². The molecular formula is C27H30N6O4. The van der Waals surface area contributed by atoms with Gasteiger partial charge in [-0.2, -0.15) is 0 Å². The van der Waals surface area contributed by atoms with Crippen molar-refractivity contribution in [1.29, 1.82) is 0 Å². The zero-order valence-electron chi connectivity index (χ0n) is 20.8. The van der Waals surface area contributed by atoms with Crippen LogP contribution in [-0.2, 0) is 4.74 Å². The third-order valence-electron chi connectivity index (χ3n) is 7.47. The predicted molar refractivity (Wildman–Crippen MR) is 139 cm³/mol. The van der Waals surface area contributed by atoms with E-state index in [4.69, 9.17) is 9.72 Å². The molecule has 4 heterocycles. The van der Waals surface area contributed by atoms with Gasteiger partial charge in [0.1, 0.15) is 0 Å². The summed E-state index contributed by atoms with van der Waals surface area (Å²) in [6.07, 6.45) is 2.54. The summed E-state index contributed by atoms with van der Waals surface area (Å²) in [7, 11) is 0. The highest BCUT2D eigenvalue weighted by Crippen LogP contribution is 2.36. The van der Waals surface area contributed by atoms with Gasteiger partial charge in [0, 0.05) is 36.8 Å². The fraction of sp³-hybridized carbons (Fsp3) is 0.407. The van der Waals surface area contributed by atoms with Crippen LogP contribution in [0.5, 0.6) is 0 Å². The van der Waals surface area contributed by atoms with Gasteiger partial charge in [0.05, 0.1) is 36.0 Å². The molecule has 1 aromatic heterocycles. The molecule has 10 nitrogen and oxygen atoms in total. The molecule has 2 saturated heterocycles. The first-order valence-electron chi connectivity index (χ1n) is 12.9. The molecule has 2 aromatic carbocycles. The fourth-order valence-electron chi connectivity index (χ4n) is 5.36. The van der Waals surface area contributed by atoms with Crippen LogP contribution < -0.4 is 15.5 Å². The van der Waals surface area contributed by atoms with E-state index in [2.05, 4.69) is 22.1 Å². The van der Waals surface area contributed by atoms with E-state index in [1.807, 2.05) is 28.0 Å². The van der Waals surface area contributed by atoms with E-state index in [9.17, 15) is 14.4 Å². The number of hydrogen-bond acceptors (Lipinski definition) is 5. The highest BCUT2D eigenvalue weighted by Gasteiger charge is 2.39. The molecule has 2 N–H and O–H groups in total. The fourth-order valence-corrected chi connectivity index (χ4v) is 5.36. The molecule has 2 bridgehead atoms. The van der Waals surface area contributed by atoms with E-state index in [1.54, 1.807) is 24.3 Å². The van der Waals surface area contributed by atoms with Crippen LogP contribution in [0.25, 0.3) is 11.0 Å². The van der Waals surface area contributed by atoms with Crippen molar-refractivity contribution in [2.45, 2.75) is 38.3 Å². The van der Waals surface area contributed by atoms with Gasteiger partial charge in [-0.25, -0.2) is 9.78 Å². The number of nitrogens with zero attached hydrogens (tertiary/aromatic N) is 4. The Morgan fingerprint density at radius 1 is 0.973 bits per heavy atom. The normalized spacial score (nSPS) is 21.3. The monoisotopic (exact) mass is 502 g/mol. The van der Waals surface area contributed by atoms with Crippen LogP contribution in [0.1, 0.15) is 52.9 Å². The highest BCUT2D eigenvalue weighted by atomic mass is 16.5. The lowest BCUT2D eigenvalue weighted by Crippen LogP contribution is -2.50. The summed E-state index contributed by atoms with van der Waals surface area (Å²) in [6.45, 7) is 5.06. The van der Waals surface area contributed by atoms with E-state index >= 15 is 0 Å². The van der Waals surface area contributed by atoms with Crippen LogP contribution in [0.4, 0.5) is 16.4 Å². The third kappa shape index (κ3) is 4.21. The number of urea groups is 1. The smallest absolute Gasteiger partial charge is 0.325 e. The molecular weight excluding hydrogens is 472 g/mol. The molecule has 0 unspecified atom stereocenters. The molecule has 6 rings (SSSR count). The summed E-state index contributed by atoms with van der Waals surface area (Å²) in [6, 6.07) is 12.6. The van der Waals surface area contributed by atoms with Crippen molar-refractivity contribution in [2.75, 3.05) is 43.1 Å². The first-order valence-corrected chi connectivity index (χ1v) is 12.9. The zero-order valence-corrected chi connectivity index (χ0v) is 20.8. The van der Waals surface area contributed by atoms with E-state index in [0.29, 0.717) is 55.4 Å². The van der Waals surface area contributed by atoms with E-state index in [-0.39, 0.29) is 29.9 Å². The lowest BCUT2D eigenvalue weighted by atomic mass is 10.1. The second-order valence-corrected chi connectivity index (χ2v) is 9.90. The Kier molecular flexibility index (Phi) is 6.03. The molecule has 192 valence electrons. The number of carbonyl (C=O) groups excluding carboxylic acids is 3. The molecule has 2 fully saturated rings. The number of rotatable bonds is 2. The number of aromatic nitrogens is 2. The maximum atomic E-state index is 13.4. The number of carbonyl (C=O) groups is 3. The van der Waals surface area contributed by atoms with Gasteiger partial charge in [0.2, 0.25) is 5.95 Å².